The Labute approximate surface area is 166 Å². The minimum absolute atomic E-state index is 0.0874. The minimum Gasteiger partial charge on any atom is -0.381 e. The van der Waals surface area contributed by atoms with Gasteiger partial charge in [0.05, 0.1) is 24.5 Å². The first kappa shape index (κ1) is 19.8. The fraction of sp³-hybridized carbons (Fsp3) is 0.526. The molecule has 0 unspecified atom stereocenters. The molecule has 0 amide bonds. The highest BCUT2D eigenvalue weighted by Crippen LogP contribution is 2.32. The number of anilines is 3. The van der Waals surface area contributed by atoms with Crippen LogP contribution >= 0.6 is 0 Å². The molecular weight excluding hydrogens is 387 g/mol. The second-order valence-corrected chi connectivity index (χ2v) is 7.02. The van der Waals surface area contributed by atoms with Crippen LogP contribution in [0.5, 0.6) is 0 Å². The molecule has 0 aromatic carbocycles. The summed E-state index contributed by atoms with van der Waals surface area (Å²) in [5, 5.41) is 2.92. The monoisotopic (exact) mass is 409 g/mol. The van der Waals surface area contributed by atoms with E-state index in [-0.39, 0.29) is 11.7 Å². The van der Waals surface area contributed by atoms with Gasteiger partial charge in [-0.1, -0.05) is 0 Å². The van der Waals surface area contributed by atoms with E-state index in [2.05, 4.69) is 15.3 Å². The van der Waals surface area contributed by atoms with E-state index in [0.29, 0.717) is 51.3 Å². The summed E-state index contributed by atoms with van der Waals surface area (Å²) >= 11 is 0. The third-order valence-electron chi connectivity index (χ3n) is 5.01. The fourth-order valence-corrected chi connectivity index (χ4v) is 3.43. The Balaban J connectivity index is 1.64. The summed E-state index contributed by atoms with van der Waals surface area (Å²) in [7, 11) is 0. The van der Waals surface area contributed by atoms with Crippen molar-refractivity contribution in [2.24, 2.45) is 0 Å². The highest BCUT2D eigenvalue weighted by molar-refractivity contribution is 5.55. The molecule has 2 aliphatic heterocycles. The van der Waals surface area contributed by atoms with Gasteiger partial charge in [0.25, 0.3) is 0 Å². The molecule has 7 nitrogen and oxygen atoms in total. The molecule has 1 N–H and O–H groups in total. The molecule has 2 fully saturated rings. The van der Waals surface area contributed by atoms with Crippen LogP contribution in [0.2, 0.25) is 0 Å². The zero-order valence-electron chi connectivity index (χ0n) is 15.8. The van der Waals surface area contributed by atoms with E-state index in [1.54, 1.807) is 6.07 Å². The number of alkyl halides is 3. The van der Waals surface area contributed by atoms with Crippen LogP contribution in [-0.4, -0.2) is 54.5 Å². The van der Waals surface area contributed by atoms with Gasteiger partial charge in [-0.2, -0.15) is 18.2 Å². The standard InChI is InChI=1S/C19H22F3N5O2/c20-19(21,22)14-1-4-23-16(11-14)25-17-12-15(13-2-7-28-8-3-13)24-18(26-17)27-5-9-29-10-6-27/h1,4,11-13H,2-3,5-10H2,(H,23,24,25,26). The topological polar surface area (TPSA) is 72.4 Å². The Kier molecular flexibility index (Phi) is 5.81. The van der Waals surface area contributed by atoms with E-state index in [0.717, 1.165) is 36.9 Å². The molecule has 0 aliphatic carbocycles. The van der Waals surface area contributed by atoms with Gasteiger partial charge in [-0.25, -0.2) is 9.97 Å². The Morgan fingerprint density at radius 2 is 1.69 bits per heavy atom. The number of nitrogens with zero attached hydrogens (tertiary/aromatic N) is 4. The van der Waals surface area contributed by atoms with Crippen molar-refractivity contribution in [3.05, 3.63) is 35.7 Å². The average molecular weight is 409 g/mol. The van der Waals surface area contributed by atoms with Crippen molar-refractivity contribution in [3.8, 4) is 0 Å². The maximum absolute atomic E-state index is 13.0. The highest BCUT2D eigenvalue weighted by Gasteiger charge is 2.31. The number of rotatable bonds is 4. The molecule has 2 aromatic heterocycles. The zero-order chi connectivity index (χ0) is 20.3. The van der Waals surface area contributed by atoms with Gasteiger partial charge in [-0.3, -0.25) is 0 Å². The lowest BCUT2D eigenvalue weighted by Crippen LogP contribution is -2.37. The van der Waals surface area contributed by atoms with Gasteiger partial charge in [-0.15, -0.1) is 0 Å². The van der Waals surface area contributed by atoms with Crippen molar-refractivity contribution < 1.29 is 22.6 Å². The Morgan fingerprint density at radius 1 is 0.966 bits per heavy atom. The third kappa shape index (κ3) is 4.94. The highest BCUT2D eigenvalue weighted by atomic mass is 19.4. The molecular formula is C19H22F3N5O2. The summed E-state index contributed by atoms with van der Waals surface area (Å²) in [6, 6.07) is 3.71. The van der Waals surface area contributed by atoms with Gasteiger partial charge in [0, 0.05) is 44.5 Å². The molecule has 2 aliphatic rings. The van der Waals surface area contributed by atoms with Gasteiger partial charge in [0.1, 0.15) is 11.6 Å². The van der Waals surface area contributed by atoms with Crippen LogP contribution in [-0.2, 0) is 15.7 Å². The average Bonchev–Trinajstić information content (AvgIpc) is 2.74. The summed E-state index contributed by atoms with van der Waals surface area (Å²) in [6.07, 6.45) is -1.60. The number of ether oxygens (including phenoxy) is 2. The number of halogens is 3. The molecule has 0 radical (unpaired) electrons. The molecule has 0 atom stereocenters. The van der Waals surface area contributed by atoms with Crippen LogP contribution in [0.25, 0.3) is 0 Å². The normalized spacial score (nSPS) is 18.7. The van der Waals surface area contributed by atoms with Crippen LogP contribution in [0.15, 0.2) is 24.4 Å². The van der Waals surface area contributed by atoms with Gasteiger partial charge < -0.3 is 19.7 Å². The number of morpholine rings is 1. The maximum Gasteiger partial charge on any atom is 0.416 e. The summed E-state index contributed by atoms with van der Waals surface area (Å²) in [4.78, 5) is 15.3. The van der Waals surface area contributed by atoms with Gasteiger partial charge in [-0.05, 0) is 25.0 Å². The van der Waals surface area contributed by atoms with Gasteiger partial charge in [0.15, 0.2) is 0 Å². The van der Waals surface area contributed by atoms with Crippen LogP contribution in [0.3, 0.4) is 0 Å². The Morgan fingerprint density at radius 3 is 2.41 bits per heavy atom. The van der Waals surface area contributed by atoms with E-state index in [4.69, 9.17) is 14.5 Å². The smallest absolute Gasteiger partial charge is 0.381 e. The summed E-state index contributed by atoms with van der Waals surface area (Å²) in [5.74, 6) is 1.28. The summed E-state index contributed by atoms with van der Waals surface area (Å²) < 4.78 is 49.9. The third-order valence-corrected chi connectivity index (χ3v) is 5.01. The van der Waals surface area contributed by atoms with Gasteiger partial charge >= 0.3 is 6.18 Å². The Hall–Kier alpha value is -2.46. The lowest BCUT2D eigenvalue weighted by atomic mass is 9.96. The summed E-state index contributed by atoms with van der Waals surface area (Å²) in [5.41, 5.74) is 0.0985. The van der Waals surface area contributed by atoms with Crippen molar-refractivity contribution in [1.29, 1.82) is 0 Å². The Bertz CT molecular complexity index is 801. The SMILES string of the molecule is FC(F)(F)c1ccnc(Nc2cc(C3CCOCC3)nc(N3CCOCC3)n2)c1. The van der Waals surface area contributed by atoms with Crippen LogP contribution < -0.4 is 10.2 Å². The molecule has 2 saturated heterocycles. The molecule has 29 heavy (non-hydrogen) atoms. The first-order chi connectivity index (χ1) is 14.0. The van der Waals surface area contributed by atoms with Crippen molar-refractivity contribution in [1.82, 2.24) is 15.0 Å². The molecule has 0 spiro atoms. The number of hydrogen-bond donors (Lipinski definition) is 1. The molecule has 10 heteroatoms. The van der Waals surface area contributed by atoms with Crippen molar-refractivity contribution >= 4 is 17.6 Å². The molecule has 2 aromatic rings. The second kappa shape index (κ2) is 8.50. The van der Waals surface area contributed by atoms with Crippen LogP contribution in [0.4, 0.5) is 30.8 Å². The number of hydrogen-bond acceptors (Lipinski definition) is 7. The lowest BCUT2D eigenvalue weighted by molar-refractivity contribution is -0.137. The number of nitrogens with one attached hydrogen (secondary N) is 1. The minimum atomic E-state index is -4.43. The van der Waals surface area contributed by atoms with Crippen LogP contribution in [0, 0.1) is 0 Å². The van der Waals surface area contributed by atoms with Crippen molar-refractivity contribution in [2.45, 2.75) is 24.9 Å². The van der Waals surface area contributed by atoms with E-state index in [9.17, 15) is 13.2 Å². The number of pyridine rings is 1. The van der Waals surface area contributed by atoms with Crippen molar-refractivity contribution in [2.75, 3.05) is 49.7 Å². The first-order valence-electron chi connectivity index (χ1n) is 9.59. The molecule has 0 saturated carbocycles. The molecule has 156 valence electrons. The number of aromatic nitrogens is 3. The fourth-order valence-electron chi connectivity index (χ4n) is 3.43. The van der Waals surface area contributed by atoms with E-state index in [1.165, 1.54) is 0 Å². The first-order valence-corrected chi connectivity index (χ1v) is 9.59. The predicted octanol–water partition coefficient (Wildman–Crippen LogP) is 3.36. The summed E-state index contributed by atoms with van der Waals surface area (Å²) in [6.45, 7) is 3.83. The van der Waals surface area contributed by atoms with Crippen molar-refractivity contribution in [3.63, 3.8) is 0 Å². The van der Waals surface area contributed by atoms with Crippen LogP contribution in [0.1, 0.15) is 30.0 Å². The van der Waals surface area contributed by atoms with E-state index >= 15 is 0 Å². The zero-order valence-corrected chi connectivity index (χ0v) is 15.8. The van der Waals surface area contributed by atoms with E-state index in [1.807, 2.05) is 4.90 Å². The van der Waals surface area contributed by atoms with Gasteiger partial charge in [0.2, 0.25) is 5.95 Å². The molecule has 0 bridgehead atoms. The quantitative estimate of drug-likeness (QED) is 0.830. The molecule has 4 heterocycles. The molecule has 4 rings (SSSR count). The predicted molar refractivity (Wildman–Crippen MR) is 100 cm³/mol. The largest absolute Gasteiger partial charge is 0.416 e. The second-order valence-electron chi connectivity index (χ2n) is 7.02. The van der Waals surface area contributed by atoms with E-state index < -0.39 is 11.7 Å². The maximum atomic E-state index is 13.0. The lowest BCUT2D eigenvalue weighted by Gasteiger charge is -2.28.